The highest BCUT2D eigenvalue weighted by Gasteiger charge is 2.13. The van der Waals surface area contributed by atoms with Crippen LogP contribution in [0.5, 0.6) is 0 Å². The van der Waals surface area contributed by atoms with Gasteiger partial charge in [-0.15, -0.1) is 11.3 Å². The van der Waals surface area contributed by atoms with Crippen molar-refractivity contribution in [2.45, 2.75) is 13.5 Å². The summed E-state index contributed by atoms with van der Waals surface area (Å²) in [6.45, 7) is 2.52. The third kappa shape index (κ3) is 2.35. The van der Waals surface area contributed by atoms with Gasteiger partial charge in [0.25, 0.3) is 5.56 Å². The SMILES string of the molecule is Cc1c[nH]c(=O)c2c1nc(NCc1nccs1)c1ccncc12. The molecule has 0 atom stereocenters. The van der Waals surface area contributed by atoms with Crippen LogP contribution in [-0.4, -0.2) is 19.9 Å². The van der Waals surface area contributed by atoms with Crippen LogP contribution >= 0.6 is 11.3 Å². The molecule has 4 heterocycles. The van der Waals surface area contributed by atoms with Crippen LogP contribution in [0.15, 0.2) is 41.0 Å². The lowest BCUT2D eigenvalue weighted by Gasteiger charge is -2.11. The van der Waals surface area contributed by atoms with Crippen molar-refractivity contribution >= 4 is 38.8 Å². The lowest BCUT2D eigenvalue weighted by Crippen LogP contribution is -2.10. The topological polar surface area (TPSA) is 83.6 Å². The number of pyridine rings is 3. The molecule has 0 aromatic carbocycles. The van der Waals surface area contributed by atoms with Crippen molar-refractivity contribution in [3.8, 4) is 0 Å². The second-order valence-corrected chi connectivity index (χ2v) is 6.16. The molecule has 0 unspecified atom stereocenters. The number of aromatic nitrogens is 4. The van der Waals surface area contributed by atoms with E-state index in [0.717, 1.165) is 27.2 Å². The first-order valence-corrected chi connectivity index (χ1v) is 8.00. The average Bonchev–Trinajstić information content (AvgIpc) is 3.09. The van der Waals surface area contributed by atoms with Gasteiger partial charge < -0.3 is 10.3 Å². The van der Waals surface area contributed by atoms with E-state index in [1.165, 1.54) is 0 Å². The van der Waals surface area contributed by atoms with Gasteiger partial charge >= 0.3 is 0 Å². The molecular formula is C16H13N5OS. The summed E-state index contributed by atoms with van der Waals surface area (Å²) in [5.74, 6) is 0.735. The molecule has 0 fully saturated rings. The molecule has 0 aliphatic heterocycles. The Balaban J connectivity index is 1.95. The van der Waals surface area contributed by atoms with E-state index in [4.69, 9.17) is 0 Å². The minimum absolute atomic E-state index is 0.150. The fourth-order valence-electron chi connectivity index (χ4n) is 2.62. The minimum atomic E-state index is -0.150. The zero-order chi connectivity index (χ0) is 15.8. The number of fused-ring (bicyclic) bond motifs is 3. The van der Waals surface area contributed by atoms with Gasteiger partial charge in [0.05, 0.1) is 17.4 Å². The van der Waals surface area contributed by atoms with Gasteiger partial charge in [0, 0.05) is 40.9 Å². The van der Waals surface area contributed by atoms with E-state index in [9.17, 15) is 4.79 Å². The number of hydrogen-bond acceptors (Lipinski definition) is 6. The second kappa shape index (κ2) is 5.44. The fourth-order valence-corrected chi connectivity index (χ4v) is 3.18. The van der Waals surface area contributed by atoms with E-state index < -0.39 is 0 Å². The maximum absolute atomic E-state index is 12.2. The van der Waals surface area contributed by atoms with Crippen LogP contribution in [0.25, 0.3) is 21.7 Å². The van der Waals surface area contributed by atoms with Crippen molar-refractivity contribution in [1.29, 1.82) is 0 Å². The highest BCUT2D eigenvalue weighted by Crippen LogP contribution is 2.28. The summed E-state index contributed by atoms with van der Waals surface area (Å²) in [5, 5.41) is 8.50. The van der Waals surface area contributed by atoms with Crippen LogP contribution in [0.3, 0.4) is 0 Å². The van der Waals surface area contributed by atoms with Crippen LogP contribution in [0.4, 0.5) is 5.82 Å². The number of hydrogen-bond donors (Lipinski definition) is 2. The van der Waals surface area contributed by atoms with Gasteiger partial charge in [-0.3, -0.25) is 9.78 Å². The summed E-state index contributed by atoms with van der Waals surface area (Å²) in [7, 11) is 0. The summed E-state index contributed by atoms with van der Waals surface area (Å²) in [5.41, 5.74) is 1.46. The van der Waals surface area contributed by atoms with Gasteiger partial charge in [-0.1, -0.05) is 0 Å². The quantitative estimate of drug-likeness (QED) is 0.566. The van der Waals surface area contributed by atoms with Gasteiger partial charge in [0.2, 0.25) is 0 Å². The normalized spacial score (nSPS) is 11.2. The third-order valence-corrected chi connectivity index (χ3v) is 4.50. The highest BCUT2D eigenvalue weighted by molar-refractivity contribution is 7.09. The molecule has 0 saturated carbocycles. The first-order chi connectivity index (χ1) is 11.2. The standard InChI is InChI=1S/C16H13N5OS/c1-9-6-20-16(22)13-11-7-17-3-2-10(11)15(21-14(9)13)19-8-12-18-4-5-23-12/h2-7H,8H2,1H3,(H,19,21)(H,20,22). The maximum Gasteiger partial charge on any atom is 0.258 e. The molecule has 0 radical (unpaired) electrons. The molecule has 0 spiro atoms. The van der Waals surface area contributed by atoms with E-state index in [1.807, 2.05) is 18.4 Å². The van der Waals surface area contributed by atoms with Crippen molar-refractivity contribution in [1.82, 2.24) is 19.9 Å². The molecule has 0 bridgehead atoms. The molecule has 2 N–H and O–H groups in total. The summed E-state index contributed by atoms with van der Waals surface area (Å²) in [6.07, 6.45) is 6.88. The van der Waals surface area contributed by atoms with E-state index in [0.29, 0.717) is 17.4 Å². The first kappa shape index (κ1) is 13.8. The smallest absolute Gasteiger partial charge is 0.258 e. The molecule has 4 aromatic rings. The predicted molar refractivity (Wildman–Crippen MR) is 91.8 cm³/mol. The second-order valence-electron chi connectivity index (χ2n) is 5.19. The van der Waals surface area contributed by atoms with Crippen molar-refractivity contribution in [3.05, 3.63) is 57.2 Å². The van der Waals surface area contributed by atoms with Crippen LogP contribution < -0.4 is 10.9 Å². The molecule has 7 heteroatoms. The van der Waals surface area contributed by atoms with E-state index in [2.05, 4.69) is 25.3 Å². The van der Waals surface area contributed by atoms with Gasteiger partial charge in [-0.25, -0.2) is 9.97 Å². The predicted octanol–water partition coefficient (Wildman–Crippen LogP) is 2.85. The molecular weight excluding hydrogens is 310 g/mol. The Bertz CT molecular complexity index is 1060. The molecule has 23 heavy (non-hydrogen) atoms. The molecule has 114 valence electrons. The Morgan fingerprint density at radius 2 is 2.22 bits per heavy atom. The minimum Gasteiger partial charge on any atom is -0.363 e. The van der Waals surface area contributed by atoms with Gasteiger partial charge in [0.1, 0.15) is 10.8 Å². The zero-order valence-electron chi connectivity index (χ0n) is 12.3. The lowest BCUT2D eigenvalue weighted by molar-refractivity contribution is 1.09. The van der Waals surface area contributed by atoms with Crippen LogP contribution in [-0.2, 0) is 6.54 Å². The Hall–Kier alpha value is -2.80. The van der Waals surface area contributed by atoms with Gasteiger partial charge in [-0.05, 0) is 18.6 Å². The Morgan fingerprint density at radius 1 is 1.30 bits per heavy atom. The van der Waals surface area contributed by atoms with Crippen molar-refractivity contribution in [2.75, 3.05) is 5.32 Å². The zero-order valence-corrected chi connectivity index (χ0v) is 13.1. The molecule has 6 nitrogen and oxygen atoms in total. The molecule has 0 aliphatic carbocycles. The van der Waals surface area contributed by atoms with E-state index in [-0.39, 0.29) is 5.56 Å². The van der Waals surface area contributed by atoms with E-state index in [1.54, 1.807) is 36.1 Å². The molecule has 4 rings (SSSR count). The molecule has 0 amide bonds. The Kier molecular flexibility index (Phi) is 3.27. The number of nitrogens with one attached hydrogen (secondary N) is 2. The summed E-state index contributed by atoms with van der Waals surface area (Å²) >= 11 is 1.59. The van der Waals surface area contributed by atoms with Crippen LogP contribution in [0, 0.1) is 6.92 Å². The molecule has 4 aromatic heterocycles. The number of anilines is 1. The number of H-pyrrole nitrogens is 1. The maximum atomic E-state index is 12.2. The average molecular weight is 323 g/mol. The van der Waals surface area contributed by atoms with Crippen LogP contribution in [0.2, 0.25) is 0 Å². The fraction of sp³-hybridized carbons (Fsp3) is 0.125. The number of aromatic amines is 1. The van der Waals surface area contributed by atoms with Crippen molar-refractivity contribution < 1.29 is 0 Å². The summed E-state index contributed by atoms with van der Waals surface area (Å²) in [6, 6.07) is 1.87. The van der Waals surface area contributed by atoms with Gasteiger partial charge in [0.15, 0.2) is 0 Å². The number of nitrogens with zero attached hydrogens (tertiary/aromatic N) is 3. The molecule has 0 saturated heterocycles. The lowest BCUT2D eigenvalue weighted by atomic mass is 10.1. The first-order valence-electron chi connectivity index (χ1n) is 7.12. The number of rotatable bonds is 3. The Labute approximate surface area is 135 Å². The highest BCUT2D eigenvalue weighted by atomic mass is 32.1. The van der Waals surface area contributed by atoms with Crippen LogP contribution in [0.1, 0.15) is 10.6 Å². The largest absolute Gasteiger partial charge is 0.363 e. The summed E-state index contributed by atoms with van der Waals surface area (Å²) < 4.78 is 0. The Morgan fingerprint density at radius 3 is 3.04 bits per heavy atom. The summed E-state index contributed by atoms with van der Waals surface area (Å²) in [4.78, 5) is 28.1. The third-order valence-electron chi connectivity index (χ3n) is 3.72. The number of thiazole rings is 1. The van der Waals surface area contributed by atoms with Crippen molar-refractivity contribution in [2.24, 2.45) is 0 Å². The van der Waals surface area contributed by atoms with Gasteiger partial charge in [-0.2, -0.15) is 0 Å². The number of aryl methyl sites for hydroxylation is 1. The monoisotopic (exact) mass is 323 g/mol. The van der Waals surface area contributed by atoms with E-state index >= 15 is 0 Å². The van der Waals surface area contributed by atoms with Crippen molar-refractivity contribution in [3.63, 3.8) is 0 Å². The molecule has 0 aliphatic rings.